The molecule has 98 valence electrons. The second kappa shape index (κ2) is 7.93. The van der Waals surface area contributed by atoms with Crippen molar-refractivity contribution in [2.75, 3.05) is 13.7 Å². The predicted molar refractivity (Wildman–Crippen MR) is 61.2 cm³/mol. The van der Waals surface area contributed by atoms with Gasteiger partial charge in [0.2, 0.25) is 5.91 Å². The number of hydrogen-bond donors (Lipinski definition) is 1. The standard InChI is InChI=1S/C10H15N5O3/c1-18-10(17)5-2-6-11-9(16)4-3-7-15-8-12-13-14-15/h2,5,8H,3-4,6-7H2,1H3,(H,11,16)/b5-2+. The molecule has 0 saturated heterocycles. The number of ether oxygens (including phenoxy) is 1. The van der Waals surface area contributed by atoms with Crippen molar-refractivity contribution in [2.45, 2.75) is 19.4 Å². The number of nitrogens with one attached hydrogen (secondary N) is 1. The maximum atomic E-state index is 11.4. The van der Waals surface area contributed by atoms with Crippen LogP contribution in [-0.2, 0) is 20.9 Å². The van der Waals surface area contributed by atoms with Crippen molar-refractivity contribution in [1.82, 2.24) is 25.5 Å². The summed E-state index contributed by atoms with van der Waals surface area (Å²) >= 11 is 0. The molecule has 18 heavy (non-hydrogen) atoms. The molecule has 0 aliphatic carbocycles. The maximum absolute atomic E-state index is 11.4. The third kappa shape index (κ3) is 5.73. The molecule has 1 aromatic heterocycles. The van der Waals surface area contributed by atoms with Crippen LogP contribution in [0.5, 0.6) is 0 Å². The van der Waals surface area contributed by atoms with Crippen molar-refractivity contribution < 1.29 is 14.3 Å². The lowest BCUT2D eigenvalue weighted by Crippen LogP contribution is -2.23. The smallest absolute Gasteiger partial charge is 0.330 e. The quantitative estimate of drug-likeness (QED) is 0.509. The van der Waals surface area contributed by atoms with Gasteiger partial charge >= 0.3 is 5.97 Å². The molecule has 1 rings (SSSR count). The minimum atomic E-state index is -0.442. The molecule has 0 saturated carbocycles. The Morgan fingerprint density at radius 1 is 1.50 bits per heavy atom. The largest absolute Gasteiger partial charge is 0.466 e. The molecule has 0 fully saturated rings. The fraction of sp³-hybridized carbons (Fsp3) is 0.500. The number of carbonyl (C=O) groups excluding carboxylic acids is 2. The van der Waals surface area contributed by atoms with Gasteiger partial charge in [0.25, 0.3) is 0 Å². The number of aromatic nitrogens is 4. The van der Waals surface area contributed by atoms with Gasteiger partial charge in [-0.1, -0.05) is 6.08 Å². The molecule has 1 heterocycles. The molecule has 0 spiro atoms. The summed E-state index contributed by atoms with van der Waals surface area (Å²) in [4.78, 5) is 22.1. The Morgan fingerprint density at radius 2 is 2.33 bits per heavy atom. The van der Waals surface area contributed by atoms with E-state index in [2.05, 4.69) is 25.6 Å². The summed E-state index contributed by atoms with van der Waals surface area (Å²) in [5, 5.41) is 13.3. The van der Waals surface area contributed by atoms with Gasteiger partial charge in [0, 0.05) is 25.6 Å². The number of tetrazole rings is 1. The molecule has 0 atom stereocenters. The Kier molecular flexibility index (Phi) is 6.09. The summed E-state index contributed by atoms with van der Waals surface area (Å²) in [5.41, 5.74) is 0. The fourth-order valence-electron chi connectivity index (χ4n) is 1.17. The highest BCUT2D eigenvalue weighted by molar-refractivity contribution is 5.82. The van der Waals surface area contributed by atoms with Gasteiger partial charge in [-0.25, -0.2) is 9.48 Å². The molecule has 0 aliphatic heterocycles. The summed E-state index contributed by atoms with van der Waals surface area (Å²) in [6, 6.07) is 0. The highest BCUT2D eigenvalue weighted by Crippen LogP contribution is 1.92. The third-order valence-corrected chi connectivity index (χ3v) is 2.05. The molecule has 8 heteroatoms. The lowest BCUT2D eigenvalue weighted by Gasteiger charge is -2.01. The molecule has 1 N–H and O–H groups in total. The Bertz CT molecular complexity index is 402. The molecular formula is C10H15N5O3. The topological polar surface area (TPSA) is 99.0 Å². The van der Waals surface area contributed by atoms with Gasteiger partial charge in [0.05, 0.1) is 7.11 Å². The Morgan fingerprint density at radius 3 is 3.00 bits per heavy atom. The Hall–Kier alpha value is -2.25. The number of esters is 1. The minimum Gasteiger partial charge on any atom is -0.466 e. The predicted octanol–water partition coefficient (Wildman–Crippen LogP) is -0.701. The van der Waals surface area contributed by atoms with Crippen LogP contribution in [0.3, 0.4) is 0 Å². The molecule has 8 nitrogen and oxygen atoms in total. The van der Waals surface area contributed by atoms with E-state index < -0.39 is 5.97 Å². The van der Waals surface area contributed by atoms with Crippen LogP contribution >= 0.6 is 0 Å². The molecule has 1 aromatic rings. The highest BCUT2D eigenvalue weighted by Gasteiger charge is 2.00. The van der Waals surface area contributed by atoms with Crippen LogP contribution in [0.25, 0.3) is 0 Å². The lowest BCUT2D eigenvalue weighted by molar-refractivity contribution is -0.134. The zero-order valence-corrected chi connectivity index (χ0v) is 10.1. The molecule has 0 aliphatic rings. The lowest BCUT2D eigenvalue weighted by atomic mass is 10.3. The van der Waals surface area contributed by atoms with Crippen LogP contribution in [0.2, 0.25) is 0 Å². The highest BCUT2D eigenvalue weighted by atomic mass is 16.5. The molecule has 0 radical (unpaired) electrons. The first-order chi connectivity index (χ1) is 8.72. The van der Waals surface area contributed by atoms with E-state index in [4.69, 9.17) is 0 Å². The molecule has 0 unspecified atom stereocenters. The van der Waals surface area contributed by atoms with Crippen molar-refractivity contribution in [3.63, 3.8) is 0 Å². The van der Waals surface area contributed by atoms with Gasteiger partial charge < -0.3 is 10.1 Å². The average molecular weight is 253 g/mol. The number of amides is 1. The normalized spacial score (nSPS) is 10.5. The van der Waals surface area contributed by atoms with Gasteiger partial charge in [-0.3, -0.25) is 4.79 Å². The van der Waals surface area contributed by atoms with E-state index in [1.807, 2.05) is 0 Å². The number of nitrogens with zero attached hydrogens (tertiary/aromatic N) is 4. The number of aryl methyl sites for hydroxylation is 1. The van der Waals surface area contributed by atoms with Crippen LogP contribution in [0, 0.1) is 0 Å². The van der Waals surface area contributed by atoms with Crippen LogP contribution < -0.4 is 5.32 Å². The first-order valence-electron chi connectivity index (χ1n) is 5.44. The molecular weight excluding hydrogens is 238 g/mol. The van der Waals surface area contributed by atoms with Gasteiger partial charge in [-0.05, 0) is 16.8 Å². The summed E-state index contributed by atoms with van der Waals surface area (Å²) in [7, 11) is 1.30. The van der Waals surface area contributed by atoms with Crippen LogP contribution in [-0.4, -0.2) is 45.7 Å². The van der Waals surface area contributed by atoms with E-state index in [9.17, 15) is 9.59 Å². The van der Waals surface area contributed by atoms with E-state index >= 15 is 0 Å². The van der Waals surface area contributed by atoms with Crippen LogP contribution in [0.1, 0.15) is 12.8 Å². The van der Waals surface area contributed by atoms with Gasteiger partial charge in [0.15, 0.2) is 0 Å². The molecule has 0 bridgehead atoms. The van der Waals surface area contributed by atoms with E-state index in [1.54, 1.807) is 4.68 Å². The first kappa shape index (κ1) is 13.8. The monoisotopic (exact) mass is 253 g/mol. The van der Waals surface area contributed by atoms with Crippen molar-refractivity contribution in [3.05, 3.63) is 18.5 Å². The average Bonchev–Trinajstić information content (AvgIpc) is 2.87. The van der Waals surface area contributed by atoms with Crippen molar-refractivity contribution in [2.24, 2.45) is 0 Å². The second-order valence-electron chi connectivity index (χ2n) is 3.41. The van der Waals surface area contributed by atoms with Crippen LogP contribution in [0.15, 0.2) is 18.5 Å². The number of hydrogen-bond acceptors (Lipinski definition) is 6. The fourth-order valence-corrected chi connectivity index (χ4v) is 1.17. The van der Waals surface area contributed by atoms with E-state index in [1.165, 1.54) is 25.6 Å². The zero-order chi connectivity index (χ0) is 13.2. The van der Waals surface area contributed by atoms with E-state index in [0.29, 0.717) is 25.9 Å². The summed E-state index contributed by atoms with van der Waals surface area (Å²) in [6.07, 6.45) is 5.33. The second-order valence-corrected chi connectivity index (χ2v) is 3.41. The number of rotatable bonds is 7. The van der Waals surface area contributed by atoms with Crippen molar-refractivity contribution in [1.29, 1.82) is 0 Å². The van der Waals surface area contributed by atoms with Gasteiger partial charge in [0.1, 0.15) is 6.33 Å². The van der Waals surface area contributed by atoms with Gasteiger partial charge in [-0.15, -0.1) is 5.10 Å². The molecule has 0 aromatic carbocycles. The van der Waals surface area contributed by atoms with Gasteiger partial charge in [-0.2, -0.15) is 0 Å². The number of carbonyl (C=O) groups is 2. The summed E-state index contributed by atoms with van der Waals surface area (Å²) < 4.78 is 5.96. The van der Waals surface area contributed by atoms with E-state index in [0.717, 1.165) is 0 Å². The SMILES string of the molecule is COC(=O)/C=C/CNC(=O)CCCn1cnnn1. The summed E-state index contributed by atoms with van der Waals surface area (Å²) in [5.74, 6) is -0.527. The molecule has 1 amide bonds. The first-order valence-corrected chi connectivity index (χ1v) is 5.44. The Balaban J connectivity index is 2.07. The summed E-state index contributed by atoms with van der Waals surface area (Å²) in [6.45, 7) is 0.900. The zero-order valence-electron chi connectivity index (χ0n) is 10.1. The third-order valence-electron chi connectivity index (χ3n) is 2.05. The van der Waals surface area contributed by atoms with Crippen molar-refractivity contribution >= 4 is 11.9 Å². The maximum Gasteiger partial charge on any atom is 0.330 e. The number of methoxy groups -OCH3 is 1. The van der Waals surface area contributed by atoms with Crippen LogP contribution in [0.4, 0.5) is 0 Å². The van der Waals surface area contributed by atoms with Crippen molar-refractivity contribution in [3.8, 4) is 0 Å². The van der Waals surface area contributed by atoms with E-state index in [-0.39, 0.29) is 5.91 Å². The minimum absolute atomic E-state index is 0.0856. The Labute approximate surface area is 104 Å².